The fourth-order valence-electron chi connectivity index (χ4n) is 2.99. The lowest BCUT2D eigenvalue weighted by molar-refractivity contribution is -0.116. The number of benzene rings is 2. The van der Waals surface area contributed by atoms with Gasteiger partial charge in [-0.2, -0.15) is 0 Å². The van der Waals surface area contributed by atoms with Crippen LogP contribution in [0.5, 0.6) is 5.75 Å². The van der Waals surface area contributed by atoms with E-state index in [1.807, 2.05) is 13.8 Å². The predicted molar refractivity (Wildman–Crippen MR) is 101 cm³/mol. The van der Waals surface area contributed by atoms with Gasteiger partial charge in [-0.25, -0.2) is 8.42 Å². The second-order valence-corrected chi connectivity index (χ2v) is 8.19. The Hall–Kier alpha value is -2.54. The van der Waals surface area contributed by atoms with Gasteiger partial charge in [0.05, 0.1) is 16.7 Å². The third kappa shape index (κ3) is 3.83. The highest BCUT2D eigenvalue weighted by Gasteiger charge is 2.24. The van der Waals surface area contributed by atoms with Crippen LogP contribution in [0.1, 0.15) is 26.3 Å². The summed E-state index contributed by atoms with van der Waals surface area (Å²) in [5.74, 6) is 0.561. The average molecular weight is 374 g/mol. The molecule has 1 aliphatic rings. The Bertz CT molecular complexity index is 938. The molecule has 1 aliphatic heterocycles. The minimum absolute atomic E-state index is 0.00258. The summed E-state index contributed by atoms with van der Waals surface area (Å²) in [4.78, 5) is 13.5. The second-order valence-electron chi connectivity index (χ2n) is 6.51. The van der Waals surface area contributed by atoms with E-state index in [4.69, 9.17) is 4.74 Å². The van der Waals surface area contributed by atoms with Gasteiger partial charge in [-0.1, -0.05) is 6.07 Å². The van der Waals surface area contributed by atoms with Gasteiger partial charge in [-0.05, 0) is 56.2 Å². The Morgan fingerprint density at radius 1 is 1.19 bits per heavy atom. The molecule has 7 heteroatoms. The van der Waals surface area contributed by atoms with Gasteiger partial charge < -0.3 is 9.64 Å². The molecule has 0 aliphatic carbocycles. The van der Waals surface area contributed by atoms with Crippen molar-refractivity contribution in [2.24, 2.45) is 0 Å². The molecule has 0 aromatic heterocycles. The van der Waals surface area contributed by atoms with E-state index in [0.29, 0.717) is 24.4 Å². The van der Waals surface area contributed by atoms with Crippen molar-refractivity contribution in [3.05, 3.63) is 48.0 Å². The van der Waals surface area contributed by atoms with E-state index in [2.05, 4.69) is 4.72 Å². The highest BCUT2D eigenvalue weighted by Crippen LogP contribution is 2.31. The van der Waals surface area contributed by atoms with Crippen molar-refractivity contribution < 1.29 is 17.9 Å². The molecule has 2 aromatic rings. The quantitative estimate of drug-likeness (QED) is 0.872. The molecule has 1 amide bonds. The van der Waals surface area contributed by atoms with Crippen LogP contribution in [0.25, 0.3) is 0 Å². The van der Waals surface area contributed by atoms with Gasteiger partial charge in [-0.3, -0.25) is 9.52 Å². The molecule has 0 saturated carbocycles. The molecule has 0 bridgehead atoms. The van der Waals surface area contributed by atoms with Crippen LogP contribution < -0.4 is 14.4 Å². The van der Waals surface area contributed by atoms with E-state index in [-0.39, 0.29) is 16.9 Å². The molecule has 2 aromatic carbocycles. The molecule has 1 N–H and O–H groups in total. The van der Waals surface area contributed by atoms with Crippen molar-refractivity contribution in [3.8, 4) is 5.75 Å². The lowest BCUT2D eigenvalue weighted by atomic mass is 10.2. The minimum Gasteiger partial charge on any atom is -0.491 e. The number of sulfonamides is 1. The van der Waals surface area contributed by atoms with E-state index >= 15 is 0 Å². The summed E-state index contributed by atoms with van der Waals surface area (Å²) < 4.78 is 33.6. The van der Waals surface area contributed by atoms with Crippen LogP contribution in [0.3, 0.4) is 0 Å². The second kappa shape index (κ2) is 6.99. The Balaban J connectivity index is 1.84. The Kier molecular flexibility index (Phi) is 4.91. The van der Waals surface area contributed by atoms with Gasteiger partial charge in [0.15, 0.2) is 0 Å². The largest absolute Gasteiger partial charge is 0.491 e. The number of rotatable bonds is 5. The first kappa shape index (κ1) is 18.3. The van der Waals surface area contributed by atoms with Gasteiger partial charge in [-0.15, -0.1) is 0 Å². The summed E-state index contributed by atoms with van der Waals surface area (Å²) in [7, 11) is -3.73. The Morgan fingerprint density at radius 3 is 2.65 bits per heavy atom. The maximum absolute atomic E-state index is 12.7. The number of fused-ring (bicyclic) bond motifs is 1. The van der Waals surface area contributed by atoms with Crippen molar-refractivity contribution in [3.63, 3.8) is 0 Å². The van der Waals surface area contributed by atoms with E-state index in [1.165, 1.54) is 13.0 Å². The summed E-state index contributed by atoms with van der Waals surface area (Å²) in [6, 6.07) is 11.7. The summed E-state index contributed by atoms with van der Waals surface area (Å²) in [6.07, 6.45) is 0.651. The van der Waals surface area contributed by atoms with Crippen LogP contribution >= 0.6 is 0 Å². The van der Waals surface area contributed by atoms with Crippen molar-refractivity contribution in [2.75, 3.05) is 16.2 Å². The fraction of sp³-hybridized carbons (Fsp3) is 0.316. The molecule has 138 valence electrons. The average Bonchev–Trinajstić information content (AvgIpc) is 2.97. The van der Waals surface area contributed by atoms with E-state index in [9.17, 15) is 13.2 Å². The SMILES string of the molecule is CC(=O)N1CCc2cc(S(=O)(=O)Nc3cccc(OC(C)C)c3)ccc21. The van der Waals surface area contributed by atoms with E-state index < -0.39 is 10.0 Å². The van der Waals surface area contributed by atoms with E-state index in [0.717, 1.165) is 11.3 Å². The van der Waals surface area contributed by atoms with Crippen molar-refractivity contribution in [2.45, 2.75) is 38.2 Å². The molecular weight excluding hydrogens is 352 g/mol. The number of nitrogens with one attached hydrogen (secondary N) is 1. The first-order valence-electron chi connectivity index (χ1n) is 8.47. The van der Waals surface area contributed by atoms with Crippen LogP contribution in [0.2, 0.25) is 0 Å². The van der Waals surface area contributed by atoms with Gasteiger partial charge in [0.1, 0.15) is 5.75 Å². The smallest absolute Gasteiger partial charge is 0.261 e. The topological polar surface area (TPSA) is 75.7 Å². The molecule has 1 heterocycles. The molecule has 26 heavy (non-hydrogen) atoms. The highest BCUT2D eigenvalue weighted by atomic mass is 32.2. The lowest BCUT2D eigenvalue weighted by Crippen LogP contribution is -2.25. The maximum atomic E-state index is 12.7. The van der Waals surface area contributed by atoms with E-state index in [1.54, 1.807) is 41.3 Å². The molecule has 0 saturated heterocycles. The number of carbonyl (C=O) groups is 1. The summed E-state index contributed by atoms with van der Waals surface area (Å²) in [6.45, 7) is 5.90. The number of hydrogen-bond acceptors (Lipinski definition) is 4. The number of nitrogens with zero attached hydrogens (tertiary/aromatic N) is 1. The molecule has 0 fully saturated rings. The van der Waals surface area contributed by atoms with Crippen LogP contribution in [0.15, 0.2) is 47.4 Å². The van der Waals surface area contributed by atoms with Crippen LogP contribution in [0.4, 0.5) is 11.4 Å². The fourth-order valence-corrected chi connectivity index (χ4v) is 4.09. The third-order valence-corrected chi connectivity index (χ3v) is 5.47. The normalized spacial score (nSPS) is 13.6. The predicted octanol–water partition coefficient (Wildman–Crippen LogP) is 3.18. The molecular formula is C19H22N2O4S. The number of carbonyl (C=O) groups excluding carboxylic acids is 1. The number of ether oxygens (including phenoxy) is 1. The lowest BCUT2D eigenvalue weighted by Gasteiger charge is -2.15. The molecule has 0 radical (unpaired) electrons. The van der Waals surface area contributed by atoms with Gasteiger partial charge in [0.2, 0.25) is 5.91 Å². The number of hydrogen-bond donors (Lipinski definition) is 1. The first-order valence-corrected chi connectivity index (χ1v) is 9.95. The van der Waals surface area contributed by atoms with Gasteiger partial charge in [0.25, 0.3) is 10.0 Å². The number of amides is 1. The molecule has 6 nitrogen and oxygen atoms in total. The van der Waals surface area contributed by atoms with Crippen molar-refractivity contribution >= 4 is 27.3 Å². The monoisotopic (exact) mass is 374 g/mol. The number of anilines is 2. The third-order valence-electron chi connectivity index (χ3n) is 4.09. The Labute approximate surface area is 153 Å². The summed E-state index contributed by atoms with van der Waals surface area (Å²) >= 11 is 0. The van der Waals surface area contributed by atoms with Crippen LogP contribution in [-0.2, 0) is 21.2 Å². The zero-order valence-corrected chi connectivity index (χ0v) is 15.8. The van der Waals surface area contributed by atoms with Crippen LogP contribution in [0, 0.1) is 0 Å². The maximum Gasteiger partial charge on any atom is 0.261 e. The first-order chi connectivity index (χ1) is 12.3. The van der Waals surface area contributed by atoms with Crippen LogP contribution in [-0.4, -0.2) is 27.0 Å². The molecule has 0 atom stereocenters. The standard InChI is InChI=1S/C19H22N2O4S/c1-13(2)25-17-6-4-5-16(12-17)20-26(23,24)18-7-8-19-15(11-18)9-10-21(19)14(3)22/h4-8,11-13,20H,9-10H2,1-3H3. The zero-order chi connectivity index (χ0) is 18.9. The Morgan fingerprint density at radius 2 is 1.96 bits per heavy atom. The summed E-state index contributed by atoms with van der Waals surface area (Å²) in [5, 5.41) is 0. The van der Waals surface area contributed by atoms with Crippen molar-refractivity contribution in [1.82, 2.24) is 0 Å². The minimum atomic E-state index is -3.73. The molecule has 0 spiro atoms. The zero-order valence-electron chi connectivity index (χ0n) is 15.0. The summed E-state index contributed by atoms with van der Waals surface area (Å²) in [5.41, 5.74) is 2.08. The molecule has 3 rings (SSSR count). The molecule has 0 unspecified atom stereocenters. The van der Waals surface area contributed by atoms with Gasteiger partial charge in [0, 0.05) is 25.2 Å². The van der Waals surface area contributed by atoms with Crippen molar-refractivity contribution in [1.29, 1.82) is 0 Å². The van der Waals surface area contributed by atoms with Gasteiger partial charge >= 0.3 is 0 Å². The highest BCUT2D eigenvalue weighted by molar-refractivity contribution is 7.92.